The average molecular weight is 386 g/mol. The largest absolute Gasteiger partial charge is 0.484 e. The molecule has 0 radical (unpaired) electrons. The molecule has 0 heterocycles. The van der Waals surface area contributed by atoms with E-state index in [2.05, 4.69) is 10.9 Å². The lowest BCUT2D eigenvalue weighted by molar-refractivity contribution is -0.128. The molecule has 0 aliphatic carbocycles. The van der Waals surface area contributed by atoms with Crippen molar-refractivity contribution in [3.8, 4) is 16.9 Å². The average Bonchev–Trinajstić information content (AvgIpc) is 2.77. The summed E-state index contributed by atoms with van der Waals surface area (Å²) in [6.45, 7) is 1.79. The molecule has 0 atom stereocenters. The fourth-order valence-electron chi connectivity index (χ4n) is 2.58. The summed E-state index contributed by atoms with van der Waals surface area (Å²) in [5, 5.41) is 0. The predicted octanol–water partition coefficient (Wildman–Crippen LogP) is 3.90. The summed E-state index contributed by atoms with van der Waals surface area (Å²) in [6.07, 6.45) is 3.03. The Labute approximate surface area is 170 Å². The van der Waals surface area contributed by atoms with E-state index >= 15 is 0 Å². The predicted molar refractivity (Wildman–Crippen MR) is 114 cm³/mol. The van der Waals surface area contributed by atoms with E-state index in [9.17, 15) is 9.59 Å². The number of amides is 2. The summed E-state index contributed by atoms with van der Waals surface area (Å²) >= 11 is 0. The maximum absolute atomic E-state index is 11.8. The van der Waals surface area contributed by atoms with Crippen LogP contribution in [0.1, 0.15) is 11.1 Å². The third kappa shape index (κ3) is 6.36. The molecular formula is C24H22N2O3. The number of benzene rings is 3. The van der Waals surface area contributed by atoms with Crippen LogP contribution in [0.5, 0.6) is 5.75 Å². The Bertz CT molecular complexity index is 979. The highest BCUT2D eigenvalue weighted by Crippen LogP contribution is 2.21. The third-order valence-electron chi connectivity index (χ3n) is 4.16. The monoisotopic (exact) mass is 386 g/mol. The first kappa shape index (κ1) is 19.9. The highest BCUT2D eigenvalue weighted by molar-refractivity contribution is 5.93. The SMILES string of the molecule is Cc1ccc(/C=C/C(=O)NNC(=O)COc2ccc(-c3ccccc3)cc2)cc1. The first-order valence-corrected chi connectivity index (χ1v) is 9.22. The molecule has 2 N–H and O–H groups in total. The van der Waals surface area contributed by atoms with Gasteiger partial charge in [0.2, 0.25) is 0 Å². The third-order valence-corrected chi connectivity index (χ3v) is 4.16. The van der Waals surface area contributed by atoms with Gasteiger partial charge in [0.1, 0.15) is 5.75 Å². The van der Waals surface area contributed by atoms with Gasteiger partial charge in [0, 0.05) is 6.08 Å². The minimum Gasteiger partial charge on any atom is -0.484 e. The van der Waals surface area contributed by atoms with Gasteiger partial charge in [-0.3, -0.25) is 20.4 Å². The number of carbonyl (C=O) groups excluding carboxylic acids is 2. The fraction of sp³-hybridized carbons (Fsp3) is 0.0833. The van der Waals surface area contributed by atoms with Gasteiger partial charge in [-0.2, -0.15) is 0 Å². The normalized spacial score (nSPS) is 10.5. The van der Waals surface area contributed by atoms with Crippen molar-refractivity contribution < 1.29 is 14.3 Å². The summed E-state index contributed by atoms with van der Waals surface area (Å²) in [7, 11) is 0. The Hall–Kier alpha value is -3.86. The molecule has 3 aromatic rings. The van der Waals surface area contributed by atoms with Crippen LogP contribution in [0.25, 0.3) is 17.2 Å². The lowest BCUT2D eigenvalue weighted by Crippen LogP contribution is -2.43. The zero-order valence-corrected chi connectivity index (χ0v) is 16.1. The first-order chi connectivity index (χ1) is 14.1. The molecule has 3 rings (SSSR count). The van der Waals surface area contributed by atoms with Gasteiger partial charge in [0.05, 0.1) is 0 Å². The molecule has 5 nitrogen and oxygen atoms in total. The van der Waals surface area contributed by atoms with Crippen LogP contribution >= 0.6 is 0 Å². The van der Waals surface area contributed by atoms with E-state index in [1.54, 1.807) is 18.2 Å². The summed E-state index contributed by atoms with van der Waals surface area (Å²) < 4.78 is 5.45. The van der Waals surface area contributed by atoms with Crippen LogP contribution in [0.15, 0.2) is 84.9 Å². The van der Waals surface area contributed by atoms with E-state index in [0.29, 0.717) is 5.75 Å². The lowest BCUT2D eigenvalue weighted by atomic mass is 10.1. The molecular weight excluding hydrogens is 364 g/mol. The van der Waals surface area contributed by atoms with Crippen molar-refractivity contribution in [2.45, 2.75) is 6.92 Å². The number of rotatable bonds is 6. The summed E-state index contributed by atoms with van der Waals surface area (Å²) in [6, 6.07) is 25.2. The topological polar surface area (TPSA) is 67.4 Å². The summed E-state index contributed by atoms with van der Waals surface area (Å²) in [5.74, 6) is -0.300. The minimum absolute atomic E-state index is 0.202. The maximum Gasteiger partial charge on any atom is 0.276 e. The van der Waals surface area contributed by atoms with Gasteiger partial charge in [-0.25, -0.2) is 0 Å². The van der Waals surface area contributed by atoms with Crippen LogP contribution in [-0.4, -0.2) is 18.4 Å². The number of hydrogen-bond donors (Lipinski definition) is 2. The van der Waals surface area contributed by atoms with Crippen molar-refractivity contribution in [1.82, 2.24) is 10.9 Å². The summed E-state index contributed by atoms with van der Waals surface area (Å²) in [4.78, 5) is 23.6. The highest BCUT2D eigenvalue weighted by Gasteiger charge is 2.04. The maximum atomic E-state index is 11.8. The van der Waals surface area contributed by atoms with E-state index in [1.807, 2.05) is 73.7 Å². The Balaban J connectivity index is 1.41. The zero-order chi connectivity index (χ0) is 20.5. The van der Waals surface area contributed by atoms with Crippen LogP contribution in [-0.2, 0) is 9.59 Å². The van der Waals surface area contributed by atoms with Crippen molar-refractivity contribution in [1.29, 1.82) is 0 Å². The molecule has 0 aliphatic heterocycles. The summed E-state index contributed by atoms with van der Waals surface area (Å²) in [5.41, 5.74) is 8.87. The Morgan fingerprint density at radius 2 is 1.48 bits per heavy atom. The number of hydrazine groups is 1. The van der Waals surface area contributed by atoms with Crippen molar-refractivity contribution in [2.24, 2.45) is 0 Å². The molecule has 0 aliphatic rings. The molecule has 3 aromatic carbocycles. The number of nitrogens with one attached hydrogen (secondary N) is 2. The van der Waals surface area contributed by atoms with Gasteiger partial charge in [-0.1, -0.05) is 72.3 Å². The molecule has 29 heavy (non-hydrogen) atoms. The van der Waals surface area contributed by atoms with Crippen molar-refractivity contribution >= 4 is 17.9 Å². The second-order valence-corrected chi connectivity index (χ2v) is 6.46. The van der Waals surface area contributed by atoms with Crippen molar-refractivity contribution in [2.75, 3.05) is 6.61 Å². The van der Waals surface area contributed by atoms with Crippen LogP contribution in [0.4, 0.5) is 0 Å². The van der Waals surface area contributed by atoms with Crippen LogP contribution in [0, 0.1) is 6.92 Å². The second-order valence-electron chi connectivity index (χ2n) is 6.46. The van der Waals surface area contributed by atoms with Crippen molar-refractivity contribution in [3.63, 3.8) is 0 Å². The van der Waals surface area contributed by atoms with Gasteiger partial charge in [0.15, 0.2) is 6.61 Å². The van der Waals surface area contributed by atoms with Crippen molar-refractivity contribution in [3.05, 3.63) is 96.1 Å². The molecule has 5 heteroatoms. The molecule has 0 saturated heterocycles. The van der Waals surface area contributed by atoms with Gasteiger partial charge in [-0.15, -0.1) is 0 Å². The fourth-order valence-corrected chi connectivity index (χ4v) is 2.58. The Kier molecular flexibility index (Phi) is 6.79. The first-order valence-electron chi connectivity index (χ1n) is 9.22. The molecule has 0 saturated carbocycles. The number of hydrogen-bond acceptors (Lipinski definition) is 3. The minimum atomic E-state index is -0.450. The number of carbonyl (C=O) groups is 2. The smallest absolute Gasteiger partial charge is 0.276 e. The second kappa shape index (κ2) is 9.90. The van der Waals surface area contributed by atoms with Crippen LogP contribution in [0.3, 0.4) is 0 Å². The quantitative estimate of drug-likeness (QED) is 0.499. The molecule has 2 amide bonds. The lowest BCUT2D eigenvalue weighted by Gasteiger charge is -2.08. The van der Waals surface area contributed by atoms with Gasteiger partial charge in [0.25, 0.3) is 11.8 Å². The van der Waals surface area contributed by atoms with E-state index in [4.69, 9.17) is 4.74 Å². The number of ether oxygens (including phenoxy) is 1. The molecule has 0 aromatic heterocycles. The Morgan fingerprint density at radius 1 is 0.828 bits per heavy atom. The zero-order valence-electron chi connectivity index (χ0n) is 16.1. The van der Waals surface area contributed by atoms with Gasteiger partial charge >= 0.3 is 0 Å². The van der Waals surface area contributed by atoms with Gasteiger partial charge in [-0.05, 0) is 41.8 Å². The Morgan fingerprint density at radius 3 is 2.17 bits per heavy atom. The molecule has 146 valence electrons. The molecule has 0 unspecified atom stereocenters. The van der Waals surface area contributed by atoms with E-state index < -0.39 is 11.8 Å². The van der Waals surface area contributed by atoms with Crippen LogP contribution in [0.2, 0.25) is 0 Å². The van der Waals surface area contributed by atoms with E-state index in [-0.39, 0.29) is 6.61 Å². The highest BCUT2D eigenvalue weighted by atomic mass is 16.5. The van der Waals surface area contributed by atoms with Gasteiger partial charge < -0.3 is 4.74 Å². The molecule has 0 bridgehead atoms. The number of aryl methyl sites for hydroxylation is 1. The molecule has 0 spiro atoms. The molecule has 0 fully saturated rings. The van der Waals surface area contributed by atoms with Crippen LogP contribution < -0.4 is 15.6 Å². The van der Waals surface area contributed by atoms with E-state index in [0.717, 1.165) is 22.3 Å². The standard InChI is InChI=1S/C24H22N2O3/c1-18-7-9-19(10-8-18)11-16-23(27)25-26-24(28)17-29-22-14-12-21(13-15-22)20-5-3-2-4-6-20/h2-16H,17H2,1H3,(H,25,27)(H,26,28)/b16-11+. The van der Waals surface area contributed by atoms with E-state index in [1.165, 1.54) is 6.08 Å².